The normalized spacial score (nSPS) is 14.5. The van der Waals surface area contributed by atoms with Crippen molar-refractivity contribution in [3.05, 3.63) is 56.5 Å². The van der Waals surface area contributed by atoms with Gasteiger partial charge in [0.15, 0.2) is 5.54 Å². The predicted octanol–water partition coefficient (Wildman–Crippen LogP) is 1.76. The summed E-state index contributed by atoms with van der Waals surface area (Å²) in [6.07, 6.45) is 5.27. The third-order valence-corrected chi connectivity index (χ3v) is 6.71. The minimum Gasteiger partial charge on any atom is -0.340 e. The van der Waals surface area contributed by atoms with E-state index in [1.54, 1.807) is 17.0 Å². The number of nitrogens with zero attached hydrogens (tertiary/aromatic N) is 7. The number of aromatic amines is 1. The fourth-order valence-corrected chi connectivity index (χ4v) is 4.73. The maximum absolute atomic E-state index is 13.2. The quantitative estimate of drug-likeness (QED) is 0.286. The van der Waals surface area contributed by atoms with Gasteiger partial charge in [-0.15, -0.1) is 4.91 Å². The topological polar surface area (TPSA) is 185 Å². The van der Waals surface area contributed by atoms with Crippen LogP contribution in [0, 0.1) is 4.91 Å². The molecular weight excluding hydrogens is 506 g/mol. The van der Waals surface area contributed by atoms with Crippen LogP contribution in [0.3, 0.4) is 0 Å². The second kappa shape index (κ2) is 9.78. The van der Waals surface area contributed by atoms with E-state index in [9.17, 15) is 24.1 Å². The Morgan fingerprint density at radius 3 is 2.41 bits per heavy atom. The number of anilines is 1. The SMILES string of the molecule is CC(=O)Nc1ncc(-c2ccc3ncc4c(=O)[nH]c(=O)n(C5CCN(C(=O)C(C)(C)N=O)CC5)c4c3n2)cn1. The van der Waals surface area contributed by atoms with Crippen molar-refractivity contribution in [1.82, 2.24) is 34.4 Å². The molecule has 0 radical (unpaired) electrons. The molecule has 0 spiro atoms. The minimum atomic E-state index is -1.37. The number of nitrogens with one attached hydrogen (secondary N) is 2. The van der Waals surface area contributed by atoms with Crippen LogP contribution >= 0.6 is 0 Å². The van der Waals surface area contributed by atoms with Gasteiger partial charge in [-0.25, -0.2) is 19.7 Å². The molecule has 0 unspecified atom stereocenters. The Hall–Kier alpha value is -4.88. The number of carbonyl (C=O) groups excluding carboxylic acids is 2. The summed E-state index contributed by atoms with van der Waals surface area (Å²) in [6.45, 7) is 4.92. The van der Waals surface area contributed by atoms with Crippen LogP contribution in [0.5, 0.6) is 0 Å². The van der Waals surface area contributed by atoms with Crippen LogP contribution < -0.4 is 16.6 Å². The number of pyridine rings is 2. The summed E-state index contributed by atoms with van der Waals surface area (Å²) >= 11 is 0. The lowest BCUT2D eigenvalue weighted by Crippen LogP contribution is -2.48. The Balaban J connectivity index is 1.58. The Morgan fingerprint density at radius 1 is 1.08 bits per heavy atom. The van der Waals surface area contributed by atoms with Gasteiger partial charge in [0.25, 0.3) is 11.5 Å². The summed E-state index contributed by atoms with van der Waals surface area (Å²) in [7, 11) is 0. The maximum atomic E-state index is 13.2. The molecule has 0 aliphatic carbocycles. The van der Waals surface area contributed by atoms with E-state index in [2.05, 4.69) is 30.4 Å². The third kappa shape index (κ3) is 4.76. The highest BCUT2D eigenvalue weighted by atomic mass is 16.3. The molecule has 1 aliphatic heterocycles. The first kappa shape index (κ1) is 25.8. The lowest BCUT2D eigenvalue weighted by Gasteiger charge is -2.35. The number of carbonyl (C=O) groups is 2. The van der Waals surface area contributed by atoms with Gasteiger partial charge in [-0.3, -0.25) is 34.2 Å². The van der Waals surface area contributed by atoms with Crippen LogP contribution in [0.1, 0.15) is 39.7 Å². The predicted molar refractivity (Wildman–Crippen MR) is 142 cm³/mol. The maximum Gasteiger partial charge on any atom is 0.329 e. The molecule has 2 amide bonds. The molecule has 1 aliphatic rings. The van der Waals surface area contributed by atoms with Crippen molar-refractivity contribution < 1.29 is 9.59 Å². The molecule has 14 nitrogen and oxygen atoms in total. The number of piperidine rings is 1. The molecule has 5 heterocycles. The van der Waals surface area contributed by atoms with Gasteiger partial charge in [-0.1, -0.05) is 5.18 Å². The smallest absolute Gasteiger partial charge is 0.329 e. The highest BCUT2D eigenvalue weighted by Gasteiger charge is 2.36. The van der Waals surface area contributed by atoms with E-state index < -0.39 is 16.8 Å². The summed E-state index contributed by atoms with van der Waals surface area (Å²) < 4.78 is 1.51. The standard InChI is InChI=1S/C25H25N9O5/c1-13(35)29-23-27-10-14(11-28-23)17-4-5-18-19(30-17)20-16(12-26-18)21(36)31-24(38)34(20)15-6-8-33(9-7-15)22(37)25(2,3)32-39/h4-5,10-12,15H,6-9H2,1-3H3,(H,31,36,38)(H,27,28,29,35). The largest absolute Gasteiger partial charge is 0.340 e. The fraction of sp³-hybridized carbons (Fsp3) is 0.360. The van der Waals surface area contributed by atoms with Crippen molar-refractivity contribution >= 4 is 39.7 Å². The molecule has 0 bridgehead atoms. The molecule has 0 atom stereocenters. The van der Waals surface area contributed by atoms with Gasteiger partial charge >= 0.3 is 5.69 Å². The average Bonchev–Trinajstić information content (AvgIpc) is 2.92. The van der Waals surface area contributed by atoms with Crippen molar-refractivity contribution in [3.8, 4) is 11.3 Å². The van der Waals surface area contributed by atoms with Crippen LogP contribution in [-0.4, -0.2) is 64.8 Å². The third-order valence-electron chi connectivity index (χ3n) is 6.71. The monoisotopic (exact) mass is 531 g/mol. The molecule has 1 fully saturated rings. The van der Waals surface area contributed by atoms with E-state index >= 15 is 0 Å². The van der Waals surface area contributed by atoms with E-state index in [1.165, 1.54) is 43.9 Å². The number of nitroso groups, excluding NO2 is 1. The van der Waals surface area contributed by atoms with E-state index in [4.69, 9.17) is 4.98 Å². The van der Waals surface area contributed by atoms with Crippen molar-refractivity contribution in [1.29, 1.82) is 0 Å². The number of H-pyrrole nitrogens is 1. The van der Waals surface area contributed by atoms with Crippen LogP contribution in [0.2, 0.25) is 0 Å². The average molecular weight is 532 g/mol. The van der Waals surface area contributed by atoms with E-state index in [-0.39, 0.29) is 29.2 Å². The van der Waals surface area contributed by atoms with Gasteiger partial charge in [0.1, 0.15) is 5.52 Å². The second-order valence-electron chi connectivity index (χ2n) is 9.86. The molecule has 4 aromatic rings. The Bertz CT molecular complexity index is 1740. The Labute approximate surface area is 220 Å². The number of likely N-dealkylation sites (tertiary alicyclic amines) is 1. The highest BCUT2D eigenvalue weighted by Crippen LogP contribution is 2.29. The molecule has 39 heavy (non-hydrogen) atoms. The lowest BCUT2D eigenvalue weighted by atomic mass is 9.99. The van der Waals surface area contributed by atoms with Crippen LogP contribution in [0.15, 0.2) is 45.5 Å². The van der Waals surface area contributed by atoms with Crippen molar-refractivity contribution in [2.75, 3.05) is 18.4 Å². The van der Waals surface area contributed by atoms with Gasteiger partial charge in [0.2, 0.25) is 11.9 Å². The first-order valence-electron chi connectivity index (χ1n) is 12.3. The van der Waals surface area contributed by atoms with Crippen molar-refractivity contribution in [3.63, 3.8) is 0 Å². The van der Waals surface area contributed by atoms with Gasteiger partial charge in [-0.2, -0.15) is 0 Å². The zero-order valence-electron chi connectivity index (χ0n) is 21.5. The van der Waals surface area contributed by atoms with Crippen LogP contribution in [0.25, 0.3) is 33.2 Å². The number of rotatable bonds is 5. The summed E-state index contributed by atoms with van der Waals surface area (Å²) in [6, 6.07) is 3.11. The lowest BCUT2D eigenvalue weighted by molar-refractivity contribution is -0.137. The molecule has 0 saturated carbocycles. The number of hydrogen-bond donors (Lipinski definition) is 2. The minimum absolute atomic E-state index is 0.150. The van der Waals surface area contributed by atoms with Crippen molar-refractivity contribution in [2.45, 2.75) is 45.2 Å². The van der Waals surface area contributed by atoms with E-state index in [0.29, 0.717) is 53.7 Å². The summed E-state index contributed by atoms with van der Waals surface area (Å²) in [5, 5.41) is 5.65. The van der Waals surface area contributed by atoms with Gasteiger partial charge in [0.05, 0.1) is 22.1 Å². The van der Waals surface area contributed by atoms with E-state index in [0.717, 1.165) is 0 Å². The second-order valence-corrected chi connectivity index (χ2v) is 9.86. The molecule has 200 valence electrons. The summed E-state index contributed by atoms with van der Waals surface area (Å²) in [5.74, 6) is -0.523. The zero-order valence-corrected chi connectivity index (χ0v) is 21.5. The Morgan fingerprint density at radius 2 is 1.77 bits per heavy atom. The number of aromatic nitrogens is 6. The van der Waals surface area contributed by atoms with E-state index in [1.807, 2.05) is 0 Å². The number of amides is 2. The zero-order chi connectivity index (χ0) is 27.9. The fourth-order valence-electron chi connectivity index (χ4n) is 4.73. The highest BCUT2D eigenvalue weighted by molar-refractivity contribution is 6.01. The molecule has 2 N–H and O–H groups in total. The first-order valence-corrected chi connectivity index (χ1v) is 12.3. The van der Waals surface area contributed by atoms with Crippen molar-refractivity contribution in [2.24, 2.45) is 5.18 Å². The van der Waals surface area contributed by atoms with Gasteiger partial charge in [-0.05, 0) is 38.8 Å². The first-order chi connectivity index (χ1) is 18.6. The molecule has 4 aromatic heterocycles. The molecule has 5 rings (SSSR count). The van der Waals surface area contributed by atoms with Crippen LogP contribution in [-0.2, 0) is 9.59 Å². The summed E-state index contributed by atoms with van der Waals surface area (Å²) in [5.41, 5.74) is -0.339. The van der Waals surface area contributed by atoms with Crippen LogP contribution in [0.4, 0.5) is 5.95 Å². The van der Waals surface area contributed by atoms with Gasteiger partial charge < -0.3 is 4.90 Å². The summed E-state index contributed by atoms with van der Waals surface area (Å²) in [4.78, 5) is 82.3. The van der Waals surface area contributed by atoms with Gasteiger partial charge in [0, 0.05) is 50.2 Å². The number of fused-ring (bicyclic) bond motifs is 3. The molecule has 1 saturated heterocycles. The Kier molecular flexibility index (Phi) is 6.46. The molecule has 14 heteroatoms. The molecular formula is C25H25N9O5. The number of hydrogen-bond acceptors (Lipinski definition) is 10. The molecule has 0 aromatic carbocycles.